The van der Waals surface area contributed by atoms with Crippen LogP contribution in [0.1, 0.15) is 23.2 Å². The molecule has 1 fully saturated rings. The smallest absolute Gasteiger partial charge is 0.252 e. The van der Waals surface area contributed by atoms with Crippen LogP contribution in [0.4, 0.5) is 5.69 Å². The third-order valence-corrected chi connectivity index (χ3v) is 4.96. The molecule has 9 nitrogen and oxygen atoms in total. The molecule has 4 rings (SSSR count). The van der Waals surface area contributed by atoms with Gasteiger partial charge in [-0.25, -0.2) is 10.4 Å². The lowest BCUT2D eigenvalue weighted by molar-refractivity contribution is -0.108. The molecule has 0 saturated heterocycles. The molecule has 1 aromatic heterocycles. The quantitative estimate of drug-likeness (QED) is 0.270. The molecule has 0 atom stereocenters. The summed E-state index contributed by atoms with van der Waals surface area (Å²) < 4.78 is 16.7. The van der Waals surface area contributed by atoms with Crippen LogP contribution in [-0.2, 0) is 9.53 Å². The van der Waals surface area contributed by atoms with Gasteiger partial charge in [-0.1, -0.05) is 0 Å². The van der Waals surface area contributed by atoms with Crippen LogP contribution in [-0.4, -0.2) is 43.7 Å². The van der Waals surface area contributed by atoms with Gasteiger partial charge >= 0.3 is 0 Å². The number of amides is 2. The van der Waals surface area contributed by atoms with Gasteiger partial charge in [0.05, 0.1) is 23.4 Å². The molecular formula is C23H24N4O5. The maximum Gasteiger partial charge on any atom is 0.252 e. The van der Waals surface area contributed by atoms with E-state index in [9.17, 15) is 9.59 Å². The number of benzene rings is 2. The second-order valence-corrected chi connectivity index (χ2v) is 7.35. The maximum atomic E-state index is 12.0. The number of anilines is 1. The van der Waals surface area contributed by atoms with E-state index in [-0.39, 0.29) is 12.2 Å². The molecule has 2 amide bonds. The normalized spacial score (nSPS) is 13.0. The van der Waals surface area contributed by atoms with E-state index < -0.39 is 5.91 Å². The third kappa shape index (κ3) is 4.96. The summed E-state index contributed by atoms with van der Waals surface area (Å²) in [4.78, 5) is 27.7. The van der Waals surface area contributed by atoms with Gasteiger partial charge in [0.15, 0.2) is 0 Å². The Hall–Kier alpha value is -3.69. The molecule has 1 aliphatic rings. The van der Waals surface area contributed by atoms with E-state index in [1.807, 2.05) is 0 Å². The van der Waals surface area contributed by atoms with Crippen LogP contribution in [0.2, 0.25) is 0 Å². The minimum Gasteiger partial charge on any atom is -0.490 e. The fraction of sp³-hybridized carbons (Fsp3) is 0.261. The van der Waals surface area contributed by atoms with Crippen molar-refractivity contribution in [2.75, 3.05) is 25.3 Å². The number of fused-ring (bicyclic) bond motifs is 1. The largest absolute Gasteiger partial charge is 0.490 e. The molecule has 2 aromatic carbocycles. The molecule has 0 aliphatic heterocycles. The summed E-state index contributed by atoms with van der Waals surface area (Å²) in [5.41, 5.74) is 10.2. The molecule has 3 aromatic rings. The number of hydrazine groups is 1. The molecule has 1 heterocycles. The predicted octanol–water partition coefficient (Wildman–Crippen LogP) is 2.78. The van der Waals surface area contributed by atoms with Gasteiger partial charge in [-0.3, -0.25) is 14.6 Å². The molecule has 3 N–H and O–H groups in total. The number of rotatable bonds is 11. The number of pyridine rings is 1. The van der Waals surface area contributed by atoms with E-state index in [1.165, 1.54) is 5.01 Å². The van der Waals surface area contributed by atoms with Crippen molar-refractivity contribution >= 4 is 28.9 Å². The Kier molecular flexibility index (Phi) is 6.48. The fourth-order valence-electron chi connectivity index (χ4n) is 3.16. The molecule has 0 spiro atoms. The first-order chi connectivity index (χ1) is 15.6. The van der Waals surface area contributed by atoms with E-state index >= 15 is 0 Å². The Balaban J connectivity index is 1.59. The molecule has 0 radical (unpaired) electrons. The maximum absolute atomic E-state index is 12.0. The van der Waals surface area contributed by atoms with Crippen molar-refractivity contribution in [1.29, 1.82) is 0 Å². The number of carbonyl (C=O) groups is 2. The second-order valence-electron chi connectivity index (χ2n) is 7.35. The van der Waals surface area contributed by atoms with Gasteiger partial charge in [0.1, 0.15) is 23.9 Å². The summed E-state index contributed by atoms with van der Waals surface area (Å²) in [5.74, 6) is 0.806. The summed E-state index contributed by atoms with van der Waals surface area (Å²) in [6, 6.07) is 12.4. The molecule has 166 valence electrons. The van der Waals surface area contributed by atoms with E-state index in [1.54, 1.807) is 55.8 Å². The summed E-state index contributed by atoms with van der Waals surface area (Å²) in [5, 5.41) is 2.09. The zero-order valence-corrected chi connectivity index (χ0v) is 17.6. The Labute approximate surface area is 185 Å². The first kappa shape index (κ1) is 21.5. The average Bonchev–Trinajstić information content (AvgIpc) is 3.62. The topological polar surface area (TPSA) is 116 Å². The summed E-state index contributed by atoms with van der Waals surface area (Å²) in [6.07, 6.45) is 4.49. The number of hydrogen-bond donors (Lipinski definition) is 2. The van der Waals surface area contributed by atoms with Crippen molar-refractivity contribution in [1.82, 2.24) is 10.4 Å². The molecule has 1 saturated carbocycles. The Morgan fingerprint density at radius 1 is 1.19 bits per heavy atom. The minimum absolute atomic E-state index is 0.231. The number of nitrogens with zero attached hydrogens (tertiary/aromatic N) is 2. The van der Waals surface area contributed by atoms with E-state index in [0.717, 1.165) is 19.3 Å². The Bertz CT molecular complexity index is 1120. The zero-order chi connectivity index (χ0) is 22.5. The van der Waals surface area contributed by atoms with Gasteiger partial charge in [0.25, 0.3) is 5.91 Å². The molecule has 1 aliphatic carbocycles. The second kappa shape index (κ2) is 9.63. The first-order valence-electron chi connectivity index (χ1n) is 10.2. The van der Waals surface area contributed by atoms with Crippen molar-refractivity contribution in [2.45, 2.75) is 18.9 Å². The lowest BCUT2D eigenvalue weighted by atomic mass is 10.1. The van der Waals surface area contributed by atoms with Crippen LogP contribution < -0.4 is 25.6 Å². The molecule has 0 bridgehead atoms. The molecular weight excluding hydrogens is 412 g/mol. The molecule has 9 heteroatoms. The van der Waals surface area contributed by atoms with Gasteiger partial charge in [0, 0.05) is 30.8 Å². The summed E-state index contributed by atoms with van der Waals surface area (Å²) in [7, 11) is 1.57. The van der Waals surface area contributed by atoms with Crippen molar-refractivity contribution in [3.63, 3.8) is 0 Å². The van der Waals surface area contributed by atoms with Gasteiger partial charge in [-0.2, -0.15) is 0 Å². The van der Waals surface area contributed by atoms with Crippen LogP contribution in [0.3, 0.4) is 0 Å². The van der Waals surface area contributed by atoms with Crippen LogP contribution >= 0.6 is 0 Å². The number of hydrogen-bond acceptors (Lipinski definition) is 7. The fourth-order valence-corrected chi connectivity index (χ4v) is 3.16. The van der Waals surface area contributed by atoms with Crippen molar-refractivity contribution in [2.24, 2.45) is 5.73 Å². The number of methoxy groups -OCH3 is 1. The summed E-state index contributed by atoms with van der Waals surface area (Å²) >= 11 is 0. The Morgan fingerprint density at radius 3 is 2.62 bits per heavy atom. The highest BCUT2D eigenvalue weighted by molar-refractivity contribution is 6.01. The van der Waals surface area contributed by atoms with Gasteiger partial charge in [0.2, 0.25) is 6.41 Å². The summed E-state index contributed by atoms with van der Waals surface area (Å²) in [6.45, 7) is 0.652. The average molecular weight is 436 g/mol. The van der Waals surface area contributed by atoms with E-state index in [2.05, 4.69) is 10.4 Å². The van der Waals surface area contributed by atoms with Crippen molar-refractivity contribution in [3.8, 4) is 17.2 Å². The number of ether oxygens (including phenoxy) is 3. The minimum atomic E-state index is -0.615. The lowest BCUT2D eigenvalue weighted by Crippen LogP contribution is -2.38. The highest BCUT2D eigenvalue weighted by atomic mass is 16.5. The first-order valence-corrected chi connectivity index (χ1v) is 10.2. The molecule has 0 unspecified atom stereocenters. The Morgan fingerprint density at radius 2 is 1.97 bits per heavy atom. The number of carbonyl (C=O) groups excluding carboxylic acids is 2. The SMILES string of the molecule is COCCOc1cc2nccc(Oc3ccc(N(C=O)NC4CC4)cc3)c2cc1C(N)=O. The van der Waals surface area contributed by atoms with Gasteiger partial charge in [-0.15, -0.1) is 0 Å². The zero-order valence-electron chi connectivity index (χ0n) is 17.6. The highest BCUT2D eigenvalue weighted by Crippen LogP contribution is 2.34. The van der Waals surface area contributed by atoms with Crippen LogP contribution in [0.25, 0.3) is 10.9 Å². The molecule has 32 heavy (non-hydrogen) atoms. The standard InChI is InChI=1S/C23H24N4O5/c1-30-10-11-31-22-13-20-18(12-19(22)23(24)29)21(8-9-25-20)32-17-6-4-16(5-7-17)27(14-28)26-15-2-3-15/h4-9,12-15,26H,2-3,10-11H2,1H3,(H2,24,29). The third-order valence-electron chi connectivity index (χ3n) is 4.96. The number of aromatic nitrogens is 1. The van der Waals surface area contributed by atoms with Crippen LogP contribution in [0.5, 0.6) is 17.2 Å². The monoisotopic (exact) mass is 436 g/mol. The lowest BCUT2D eigenvalue weighted by Gasteiger charge is -2.18. The van der Waals surface area contributed by atoms with E-state index in [0.29, 0.717) is 46.5 Å². The van der Waals surface area contributed by atoms with Crippen LogP contribution in [0, 0.1) is 0 Å². The van der Waals surface area contributed by atoms with Crippen LogP contribution in [0.15, 0.2) is 48.7 Å². The number of primary amides is 1. The van der Waals surface area contributed by atoms with Gasteiger partial charge < -0.3 is 19.9 Å². The predicted molar refractivity (Wildman–Crippen MR) is 119 cm³/mol. The number of nitrogens with two attached hydrogens (primary N) is 1. The van der Waals surface area contributed by atoms with Gasteiger partial charge in [-0.05, 0) is 49.2 Å². The number of nitrogens with one attached hydrogen (secondary N) is 1. The highest BCUT2D eigenvalue weighted by Gasteiger charge is 2.23. The van der Waals surface area contributed by atoms with Crippen molar-refractivity contribution in [3.05, 3.63) is 54.2 Å². The van der Waals surface area contributed by atoms with E-state index in [4.69, 9.17) is 19.9 Å². The van der Waals surface area contributed by atoms with Crippen molar-refractivity contribution < 1.29 is 23.8 Å².